The van der Waals surface area contributed by atoms with E-state index in [0.717, 1.165) is 34.4 Å². The fourth-order valence-corrected chi connectivity index (χ4v) is 6.33. The minimum atomic E-state index is -4.83. The lowest BCUT2D eigenvalue weighted by molar-refractivity contribution is -0.151. The lowest BCUT2D eigenvalue weighted by Crippen LogP contribution is -2.58. The lowest BCUT2D eigenvalue weighted by Gasteiger charge is -2.38. The molecule has 1 aromatic carbocycles. The maximum absolute atomic E-state index is 13.5. The Labute approximate surface area is 233 Å². The summed E-state index contributed by atoms with van der Waals surface area (Å²) in [6, 6.07) is 0.701. The van der Waals surface area contributed by atoms with Crippen molar-refractivity contribution in [3.05, 3.63) is 34.8 Å². The maximum atomic E-state index is 13.5. The number of carbonyl (C=O) groups excluding carboxylic acids is 1. The summed E-state index contributed by atoms with van der Waals surface area (Å²) in [6.07, 6.45) is -5.38. The zero-order chi connectivity index (χ0) is 29.8. The monoisotopic (exact) mass is 629 g/mol. The largest absolute Gasteiger partial charge is 0.415 e. The standard InChI is InChI=1S/C22H21ClF5N5O5S2/c1-4-13(22(26,27)28)32-40(36,37)10-5-6-11(12(23)7-10)15-14(18(34)33-8-21(24,25)9-33)29-17(39-15)16-30-31-19(38-16)20(2,3)35/h5-7,13,32,35H,4,8-9H2,1-3H3. The van der Waals surface area contributed by atoms with Crippen LogP contribution in [0.3, 0.4) is 0 Å². The van der Waals surface area contributed by atoms with Crippen LogP contribution >= 0.6 is 22.9 Å². The summed E-state index contributed by atoms with van der Waals surface area (Å²) in [7, 11) is -4.66. The Morgan fingerprint density at radius 3 is 2.42 bits per heavy atom. The molecule has 40 heavy (non-hydrogen) atoms. The number of alkyl halides is 5. The second kappa shape index (κ2) is 10.3. The number of carbonyl (C=O) groups is 1. The predicted octanol–water partition coefficient (Wildman–Crippen LogP) is 4.45. The van der Waals surface area contributed by atoms with E-state index in [9.17, 15) is 40.3 Å². The highest BCUT2D eigenvalue weighted by molar-refractivity contribution is 7.89. The topological polar surface area (TPSA) is 139 Å². The van der Waals surface area contributed by atoms with Gasteiger partial charge in [0.05, 0.1) is 27.9 Å². The summed E-state index contributed by atoms with van der Waals surface area (Å²) in [5, 5.41) is 17.3. The fourth-order valence-electron chi connectivity index (χ4n) is 3.59. The molecule has 2 aromatic heterocycles. The van der Waals surface area contributed by atoms with Crippen LogP contribution in [-0.2, 0) is 15.6 Å². The van der Waals surface area contributed by atoms with Gasteiger partial charge in [-0.25, -0.2) is 22.2 Å². The van der Waals surface area contributed by atoms with Crippen molar-refractivity contribution in [2.75, 3.05) is 13.1 Å². The Kier molecular flexibility index (Phi) is 7.77. The SMILES string of the molecule is CCC(NS(=O)(=O)c1ccc(-c2sc(-c3nnc(C(C)(C)O)o3)nc2C(=O)N2CC(F)(F)C2)c(Cl)c1)C(F)(F)F. The first kappa shape index (κ1) is 30.2. The van der Waals surface area contributed by atoms with Gasteiger partial charge in [0.25, 0.3) is 17.7 Å². The molecule has 3 aromatic rings. The second-order valence-corrected chi connectivity index (χ2v) is 12.6. The number of aliphatic hydroxyl groups is 1. The summed E-state index contributed by atoms with van der Waals surface area (Å²) < 4.78 is 98.6. The highest BCUT2D eigenvalue weighted by Crippen LogP contribution is 2.41. The van der Waals surface area contributed by atoms with Crippen molar-refractivity contribution in [1.82, 2.24) is 24.8 Å². The predicted molar refractivity (Wildman–Crippen MR) is 132 cm³/mol. The normalized spacial score (nSPS) is 16.6. The number of halogens is 6. The van der Waals surface area contributed by atoms with E-state index in [2.05, 4.69) is 15.2 Å². The minimum Gasteiger partial charge on any atom is -0.415 e. The Morgan fingerprint density at radius 2 is 1.93 bits per heavy atom. The van der Waals surface area contributed by atoms with Crippen molar-refractivity contribution in [2.24, 2.45) is 0 Å². The zero-order valence-electron chi connectivity index (χ0n) is 20.9. The van der Waals surface area contributed by atoms with Crippen LogP contribution in [0.5, 0.6) is 0 Å². The Balaban J connectivity index is 1.75. The average Bonchev–Trinajstić information content (AvgIpc) is 3.47. The van der Waals surface area contributed by atoms with Gasteiger partial charge >= 0.3 is 6.18 Å². The summed E-state index contributed by atoms with van der Waals surface area (Å²) in [5.74, 6) is -4.32. The first-order valence-corrected chi connectivity index (χ1v) is 14.1. The molecule has 1 fully saturated rings. The van der Waals surface area contributed by atoms with E-state index < -0.39 is 64.1 Å². The van der Waals surface area contributed by atoms with Crippen LogP contribution < -0.4 is 4.72 Å². The van der Waals surface area contributed by atoms with Crippen molar-refractivity contribution in [3.8, 4) is 21.3 Å². The number of rotatable bonds is 8. The van der Waals surface area contributed by atoms with Crippen molar-refractivity contribution in [2.45, 2.75) is 55.8 Å². The number of nitrogens with zero attached hydrogens (tertiary/aromatic N) is 4. The summed E-state index contributed by atoms with van der Waals surface area (Å²) in [5.41, 5.74) is -1.78. The van der Waals surface area contributed by atoms with Crippen LogP contribution in [-0.4, -0.2) is 70.7 Å². The summed E-state index contributed by atoms with van der Waals surface area (Å²) in [6.45, 7) is 2.24. The van der Waals surface area contributed by atoms with E-state index in [1.165, 1.54) is 20.8 Å². The number of aromatic nitrogens is 3. The molecule has 1 atom stereocenters. The third-order valence-corrected chi connectivity index (χ3v) is 8.55. The molecule has 10 nitrogen and oxygen atoms in total. The molecule has 3 heterocycles. The average molecular weight is 630 g/mol. The number of benzene rings is 1. The van der Waals surface area contributed by atoms with E-state index in [-0.39, 0.29) is 37.9 Å². The Bertz CT molecular complexity index is 1540. The number of likely N-dealkylation sites (tertiary alicyclic amines) is 1. The number of hydrogen-bond acceptors (Lipinski definition) is 9. The third-order valence-electron chi connectivity index (χ3n) is 5.69. The molecule has 1 aliphatic rings. The van der Waals surface area contributed by atoms with E-state index in [0.29, 0.717) is 0 Å². The second-order valence-electron chi connectivity index (χ2n) is 9.45. The molecule has 1 saturated heterocycles. The molecule has 0 saturated carbocycles. The molecule has 2 N–H and O–H groups in total. The summed E-state index contributed by atoms with van der Waals surface area (Å²) >= 11 is 7.13. The van der Waals surface area contributed by atoms with E-state index in [1.807, 2.05) is 0 Å². The molecule has 0 aliphatic carbocycles. The van der Waals surface area contributed by atoms with Crippen LogP contribution in [0.25, 0.3) is 21.3 Å². The third kappa shape index (κ3) is 6.12. The number of hydrogen-bond donors (Lipinski definition) is 2. The highest BCUT2D eigenvalue weighted by Gasteiger charge is 2.47. The van der Waals surface area contributed by atoms with Gasteiger partial charge in [0.15, 0.2) is 5.01 Å². The van der Waals surface area contributed by atoms with Gasteiger partial charge < -0.3 is 14.4 Å². The van der Waals surface area contributed by atoms with Gasteiger partial charge in [-0.15, -0.1) is 21.5 Å². The molecule has 4 rings (SSSR count). The molecular weight excluding hydrogens is 609 g/mol. The quantitative estimate of drug-likeness (QED) is 0.349. The zero-order valence-corrected chi connectivity index (χ0v) is 23.3. The maximum Gasteiger partial charge on any atom is 0.404 e. The van der Waals surface area contributed by atoms with Gasteiger partial charge in [-0.2, -0.15) is 17.9 Å². The first-order valence-electron chi connectivity index (χ1n) is 11.5. The van der Waals surface area contributed by atoms with E-state index >= 15 is 0 Å². The van der Waals surface area contributed by atoms with Gasteiger partial charge in [0.2, 0.25) is 15.9 Å². The van der Waals surface area contributed by atoms with Gasteiger partial charge in [0, 0.05) is 5.56 Å². The molecule has 0 bridgehead atoms. The highest BCUT2D eigenvalue weighted by atomic mass is 35.5. The molecule has 1 unspecified atom stereocenters. The van der Waals surface area contributed by atoms with Crippen molar-refractivity contribution < 1.29 is 44.7 Å². The van der Waals surface area contributed by atoms with E-state index in [4.69, 9.17) is 16.0 Å². The van der Waals surface area contributed by atoms with Gasteiger partial charge in [-0.1, -0.05) is 24.6 Å². The van der Waals surface area contributed by atoms with Crippen LogP contribution in [0, 0.1) is 0 Å². The lowest BCUT2D eigenvalue weighted by atomic mass is 10.1. The Hall–Kier alpha value is -2.73. The molecule has 0 spiro atoms. The number of thiazole rings is 1. The minimum absolute atomic E-state index is 0.0287. The molecule has 18 heteroatoms. The van der Waals surface area contributed by atoms with Crippen molar-refractivity contribution >= 4 is 38.9 Å². The van der Waals surface area contributed by atoms with Gasteiger partial charge in [0.1, 0.15) is 17.3 Å². The molecule has 1 aliphatic heterocycles. The first-order chi connectivity index (χ1) is 18.3. The number of nitrogens with one attached hydrogen (secondary N) is 1. The molecular formula is C22H21ClF5N5O5S2. The van der Waals surface area contributed by atoms with Crippen molar-refractivity contribution in [1.29, 1.82) is 0 Å². The number of sulfonamides is 1. The number of amides is 1. The molecule has 1 amide bonds. The Morgan fingerprint density at radius 1 is 1.27 bits per heavy atom. The van der Waals surface area contributed by atoms with Crippen LogP contribution in [0.4, 0.5) is 22.0 Å². The van der Waals surface area contributed by atoms with Gasteiger partial charge in [-0.05, 0) is 32.4 Å². The summed E-state index contributed by atoms with van der Waals surface area (Å²) in [4.78, 5) is 17.6. The van der Waals surface area contributed by atoms with E-state index in [1.54, 1.807) is 4.72 Å². The van der Waals surface area contributed by atoms with Crippen LogP contribution in [0.15, 0.2) is 27.5 Å². The molecule has 0 radical (unpaired) electrons. The smallest absolute Gasteiger partial charge is 0.404 e. The van der Waals surface area contributed by atoms with Crippen LogP contribution in [0.1, 0.15) is 43.6 Å². The van der Waals surface area contributed by atoms with Gasteiger partial charge in [-0.3, -0.25) is 4.79 Å². The van der Waals surface area contributed by atoms with Crippen molar-refractivity contribution in [3.63, 3.8) is 0 Å². The fraction of sp³-hybridized carbons (Fsp3) is 0.455. The molecule has 218 valence electrons. The van der Waals surface area contributed by atoms with Crippen LogP contribution in [0.2, 0.25) is 5.02 Å².